The highest BCUT2D eigenvalue weighted by molar-refractivity contribution is 5.96. The lowest BCUT2D eigenvalue weighted by molar-refractivity contribution is -0.117. The molecule has 2 aromatic carbocycles. The van der Waals surface area contributed by atoms with E-state index in [9.17, 15) is 9.59 Å². The molecule has 1 saturated heterocycles. The van der Waals surface area contributed by atoms with Crippen molar-refractivity contribution < 1.29 is 4.79 Å². The number of nitrogens with zero attached hydrogens (tertiary/aromatic N) is 4. The average Bonchev–Trinajstić information content (AvgIpc) is 3.23. The highest BCUT2D eigenvalue weighted by Crippen LogP contribution is 2.30. The minimum Gasteiger partial charge on any atom is -0.325 e. The molecular formula is C25H26N6O2. The smallest absolute Gasteiger partial charge is 0.260 e. The van der Waals surface area contributed by atoms with Crippen LogP contribution >= 0.6 is 0 Å². The first kappa shape index (κ1) is 21.1. The normalized spacial score (nSPS) is 15.1. The Morgan fingerprint density at radius 2 is 1.76 bits per heavy atom. The van der Waals surface area contributed by atoms with Gasteiger partial charge in [-0.05, 0) is 36.9 Å². The van der Waals surface area contributed by atoms with Crippen LogP contribution in [0.2, 0.25) is 0 Å². The number of aromatic amines is 1. The van der Waals surface area contributed by atoms with Crippen molar-refractivity contribution in [1.29, 1.82) is 0 Å². The van der Waals surface area contributed by atoms with Crippen LogP contribution in [0.4, 0.5) is 5.69 Å². The van der Waals surface area contributed by atoms with Gasteiger partial charge in [-0.3, -0.25) is 14.5 Å². The monoisotopic (exact) mass is 442 g/mol. The number of hydrogen-bond acceptors (Lipinski definition) is 5. The minimum absolute atomic E-state index is 0.0198. The van der Waals surface area contributed by atoms with E-state index in [4.69, 9.17) is 0 Å². The summed E-state index contributed by atoms with van der Waals surface area (Å²) in [6, 6.07) is 17.4. The Labute approximate surface area is 191 Å². The number of amides is 1. The van der Waals surface area contributed by atoms with Gasteiger partial charge < -0.3 is 19.8 Å². The SMILES string of the molecule is CN1CCN(CC(=O)Nc2ccc(-c3cn(-c4ccccc4)c4nc[nH]c(=O)c34)cc2)CC1. The Balaban J connectivity index is 1.39. The van der Waals surface area contributed by atoms with Crippen molar-refractivity contribution in [3.8, 4) is 16.8 Å². The molecule has 1 fully saturated rings. The molecule has 4 aromatic rings. The first-order valence-electron chi connectivity index (χ1n) is 11.0. The molecule has 3 heterocycles. The molecule has 0 bridgehead atoms. The molecule has 0 unspecified atom stereocenters. The summed E-state index contributed by atoms with van der Waals surface area (Å²) in [5.41, 5.74) is 3.75. The van der Waals surface area contributed by atoms with E-state index in [0.29, 0.717) is 17.6 Å². The summed E-state index contributed by atoms with van der Waals surface area (Å²) in [6.07, 6.45) is 3.36. The zero-order chi connectivity index (χ0) is 22.8. The molecular weight excluding hydrogens is 416 g/mol. The Kier molecular flexibility index (Phi) is 5.77. The Bertz CT molecular complexity index is 1320. The lowest BCUT2D eigenvalue weighted by atomic mass is 10.1. The van der Waals surface area contributed by atoms with Gasteiger partial charge in [0.25, 0.3) is 5.56 Å². The number of fused-ring (bicyclic) bond motifs is 1. The van der Waals surface area contributed by atoms with Gasteiger partial charge in [0.2, 0.25) is 5.91 Å². The molecule has 0 radical (unpaired) electrons. The van der Waals surface area contributed by atoms with Crippen LogP contribution in [0, 0.1) is 0 Å². The molecule has 2 aromatic heterocycles. The Morgan fingerprint density at radius 3 is 2.48 bits per heavy atom. The second-order valence-electron chi connectivity index (χ2n) is 8.38. The summed E-state index contributed by atoms with van der Waals surface area (Å²) in [5.74, 6) is -0.0198. The van der Waals surface area contributed by atoms with Gasteiger partial charge in [0.05, 0.1) is 18.3 Å². The molecule has 1 amide bonds. The fourth-order valence-corrected chi connectivity index (χ4v) is 4.22. The van der Waals surface area contributed by atoms with E-state index in [-0.39, 0.29) is 11.5 Å². The number of aromatic nitrogens is 3. The number of benzene rings is 2. The van der Waals surface area contributed by atoms with Gasteiger partial charge in [-0.1, -0.05) is 30.3 Å². The molecule has 8 nitrogen and oxygen atoms in total. The molecule has 5 rings (SSSR count). The second-order valence-corrected chi connectivity index (χ2v) is 8.38. The Morgan fingerprint density at radius 1 is 1.03 bits per heavy atom. The third-order valence-electron chi connectivity index (χ3n) is 6.07. The quantitative estimate of drug-likeness (QED) is 0.496. The first-order valence-corrected chi connectivity index (χ1v) is 11.0. The van der Waals surface area contributed by atoms with Crippen molar-refractivity contribution in [2.45, 2.75) is 0 Å². The topological polar surface area (TPSA) is 86.3 Å². The maximum atomic E-state index is 12.7. The maximum absolute atomic E-state index is 12.7. The molecule has 0 aliphatic carbocycles. The molecule has 168 valence electrons. The van der Waals surface area contributed by atoms with Gasteiger partial charge in [-0.2, -0.15) is 0 Å². The number of likely N-dealkylation sites (N-methyl/N-ethyl adjacent to an activating group) is 1. The van der Waals surface area contributed by atoms with Crippen LogP contribution in [0.5, 0.6) is 0 Å². The van der Waals surface area contributed by atoms with E-state index in [0.717, 1.165) is 48.7 Å². The van der Waals surface area contributed by atoms with E-state index in [1.54, 1.807) is 0 Å². The maximum Gasteiger partial charge on any atom is 0.260 e. The standard InChI is InChI=1S/C25H26N6O2/c1-29-11-13-30(14-12-29)16-22(32)28-19-9-7-18(8-10-19)21-15-31(20-5-3-2-4-6-20)24-23(21)25(33)27-17-26-24/h2-10,15,17H,11-14,16H2,1H3,(H,28,32)(H,26,27,33). The van der Waals surface area contributed by atoms with Gasteiger partial charge in [-0.15, -0.1) is 0 Å². The van der Waals surface area contributed by atoms with Crippen LogP contribution in [-0.2, 0) is 4.79 Å². The zero-order valence-corrected chi connectivity index (χ0v) is 18.5. The summed E-state index contributed by atoms with van der Waals surface area (Å²) >= 11 is 0. The fraction of sp³-hybridized carbons (Fsp3) is 0.240. The summed E-state index contributed by atoms with van der Waals surface area (Å²) in [7, 11) is 2.10. The number of para-hydroxylation sites is 1. The predicted octanol–water partition coefficient (Wildman–Crippen LogP) is 2.57. The number of rotatable bonds is 5. The van der Waals surface area contributed by atoms with Crippen molar-refractivity contribution in [2.75, 3.05) is 45.1 Å². The summed E-state index contributed by atoms with van der Waals surface area (Å²) in [5, 5.41) is 3.51. The third-order valence-corrected chi connectivity index (χ3v) is 6.07. The highest BCUT2D eigenvalue weighted by atomic mass is 16.2. The second kappa shape index (κ2) is 9.01. The summed E-state index contributed by atoms with van der Waals surface area (Å²) in [6.45, 7) is 4.15. The van der Waals surface area contributed by atoms with Crippen molar-refractivity contribution in [1.82, 2.24) is 24.3 Å². The van der Waals surface area contributed by atoms with Crippen LogP contribution in [0.3, 0.4) is 0 Å². The number of H-pyrrole nitrogens is 1. The van der Waals surface area contributed by atoms with Gasteiger partial charge in [0, 0.05) is 49.3 Å². The lowest BCUT2D eigenvalue weighted by Crippen LogP contribution is -2.47. The number of hydrogen-bond donors (Lipinski definition) is 2. The van der Waals surface area contributed by atoms with E-state index in [1.807, 2.05) is 65.4 Å². The lowest BCUT2D eigenvalue weighted by Gasteiger charge is -2.31. The van der Waals surface area contributed by atoms with Gasteiger partial charge in [0.1, 0.15) is 0 Å². The summed E-state index contributed by atoms with van der Waals surface area (Å²) < 4.78 is 1.92. The van der Waals surface area contributed by atoms with E-state index in [2.05, 4.69) is 32.1 Å². The number of carbonyl (C=O) groups is 1. The average molecular weight is 443 g/mol. The number of nitrogens with one attached hydrogen (secondary N) is 2. The first-order chi connectivity index (χ1) is 16.1. The molecule has 2 N–H and O–H groups in total. The fourth-order valence-electron chi connectivity index (χ4n) is 4.22. The van der Waals surface area contributed by atoms with Crippen LogP contribution in [0.25, 0.3) is 27.8 Å². The minimum atomic E-state index is -0.186. The molecule has 1 aliphatic heterocycles. The van der Waals surface area contributed by atoms with Crippen molar-refractivity contribution >= 4 is 22.6 Å². The number of anilines is 1. The van der Waals surface area contributed by atoms with Gasteiger partial charge in [0.15, 0.2) is 5.65 Å². The molecule has 0 atom stereocenters. The molecule has 0 spiro atoms. The number of carbonyl (C=O) groups excluding carboxylic acids is 1. The number of piperazine rings is 1. The van der Waals surface area contributed by atoms with Crippen LogP contribution in [0.15, 0.2) is 71.9 Å². The predicted molar refractivity (Wildman–Crippen MR) is 130 cm³/mol. The highest BCUT2D eigenvalue weighted by Gasteiger charge is 2.18. The van der Waals surface area contributed by atoms with Crippen LogP contribution < -0.4 is 10.9 Å². The Hall–Kier alpha value is -3.75. The van der Waals surface area contributed by atoms with E-state index in [1.165, 1.54) is 6.33 Å². The van der Waals surface area contributed by atoms with Crippen LogP contribution in [0.1, 0.15) is 0 Å². The zero-order valence-electron chi connectivity index (χ0n) is 18.5. The summed E-state index contributed by atoms with van der Waals surface area (Å²) in [4.78, 5) is 36.7. The van der Waals surface area contributed by atoms with Crippen molar-refractivity contribution in [3.63, 3.8) is 0 Å². The molecule has 0 saturated carbocycles. The van der Waals surface area contributed by atoms with Crippen LogP contribution in [-0.4, -0.2) is 70.0 Å². The molecule has 1 aliphatic rings. The van der Waals surface area contributed by atoms with Gasteiger partial charge in [-0.25, -0.2) is 4.98 Å². The third kappa shape index (κ3) is 4.44. The largest absolute Gasteiger partial charge is 0.325 e. The molecule has 33 heavy (non-hydrogen) atoms. The molecule has 8 heteroatoms. The van der Waals surface area contributed by atoms with Gasteiger partial charge >= 0.3 is 0 Å². The van der Waals surface area contributed by atoms with Crippen molar-refractivity contribution in [3.05, 3.63) is 77.5 Å². The van der Waals surface area contributed by atoms with E-state index < -0.39 is 0 Å². The van der Waals surface area contributed by atoms with Crippen molar-refractivity contribution in [2.24, 2.45) is 0 Å². The van der Waals surface area contributed by atoms with E-state index >= 15 is 0 Å².